The van der Waals surface area contributed by atoms with Gasteiger partial charge >= 0.3 is 6.16 Å². The highest BCUT2D eigenvalue weighted by atomic mass is 16.8. The SMILES string of the molecule is [N-]=[N+]=NCCOCCOCCOCCOCCOCCOCC(=O)NCC(=O)Nc1ccc(COC(=O)ON2C(=O)CCC2=O)cc1. The minimum atomic E-state index is -1.19. The molecule has 1 fully saturated rings. The Labute approximate surface area is 270 Å². The number of amides is 4. The summed E-state index contributed by atoms with van der Waals surface area (Å²) in [5, 5.41) is 8.79. The Morgan fingerprint density at radius 1 is 0.745 bits per heavy atom. The van der Waals surface area contributed by atoms with Crippen LogP contribution in [0.4, 0.5) is 10.5 Å². The number of anilines is 1. The maximum absolute atomic E-state index is 12.1. The van der Waals surface area contributed by atoms with Gasteiger partial charge in [0.05, 0.1) is 79.2 Å². The van der Waals surface area contributed by atoms with E-state index < -0.39 is 29.8 Å². The van der Waals surface area contributed by atoms with Gasteiger partial charge in [-0.2, -0.15) is 0 Å². The summed E-state index contributed by atoms with van der Waals surface area (Å²) in [4.78, 5) is 65.9. The topological polar surface area (TPSA) is 235 Å². The molecule has 1 saturated heterocycles. The van der Waals surface area contributed by atoms with Gasteiger partial charge in [-0.05, 0) is 23.2 Å². The number of carbonyl (C=O) groups is 5. The average molecular weight is 669 g/mol. The van der Waals surface area contributed by atoms with Crippen LogP contribution in [0.25, 0.3) is 10.4 Å². The predicted molar refractivity (Wildman–Crippen MR) is 159 cm³/mol. The number of ether oxygens (including phenoxy) is 7. The van der Waals surface area contributed by atoms with Crippen molar-refractivity contribution in [3.63, 3.8) is 0 Å². The minimum absolute atomic E-state index is 0.0234. The molecule has 19 nitrogen and oxygen atoms in total. The molecule has 47 heavy (non-hydrogen) atoms. The first-order valence-electron chi connectivity index (χ1n) is 14.7. The largest absolute Gasteiger partial charge is 0.534 e. The number of carbonyl (C=O) groups excluding carboxylic acids is 5. The summed E-state index contributed by atoms with van der Waals surface area (Å²) in [5.41, 5.74) is 9.13. The summed E-state index contributed by atoms with van der Waals surface area (Å²) >= 11 is 0. The van der Waals surface area contributed by atoms with Crippen molar-refractivity contribution in [2.24, 2.45) is 5.11 Å². The molecule has 0 saturated carbocycles. The fourth-order valence-corrected chi connectivity index (χ4v) is 3.43. The highest BCUT2D eigenvalue weighted by molar-refractivity contribution is 6.01. The molecule has 0 bridgehead atoms. The van der Waals surface area contributed by atoms with Gasteiger partial charge in [-0.25, -0.2) is 4.79 Å². The molecule has 0 spiro atoms. The summed E-state index contributed by atoms with van der Waals surface area (Å²) in [6.07, 6.45) is -1.24. The second-order valence-corrected chi connectivity index (χ2v) is 9.30. The smallest absolute Gasteiger partial charge is 0.428 e. The van der Waals surface area contributed by atoms with Crippen molar-refractivity contribution in [1.29, 1.82) is 0 Å². The summed E-state index contributed by atoms with van der Waals surface area (Å²) in [6, 6.07) is 6.30. The molecular weight excluding hydrogens is 628 g/mol. The Hall–Kier alpha value is -4.36. The zero-order valence-corrected chi connectivity index (χ0v) is 25.9. The van der Waals surface area contributed by atoms with Crippen LogP contribution in [0, 0.1) is 0 Å². The Morgan fingerprint density at radius 3 is 1.79 bits per heavy atom. The van der Waals surface area contributed by atoms with E-state index in [1.807, 2.05) is 0 Å². The molecule has 260 valence electrons. The maximum Gasteiger partial charge on any atom is 0.534 e. The van der Waals surface area contributed by atoms with Gasteiger partial charge in [0.1, 0.15) is 13.2 Å². The first kappa shape index (κ1) is 38.8. The number of hydroxylamine groups is 2. The van der Waals surface area contributed by atoms with Crippen LogP contribution in [0.2, 0.25) is 0 Å². The van der Waals surface area contributed by atoms with Crippen molar-refractivity contribution in [2.45, 2.75) is 19.4 Å². The molecule has 0 aromatic heterocycles. The Balaban J connectivity index is 1.37. The minimum Gasteiger partial charge on any atom is -0.428 e. The van der Waals surface area contributed by atoms with Gasteiger partial charge in [-0.3, -0.25) is 24.0 Å². The summed E-state index contributed by atoms with van der Waals surface area (Å²) in [5.74, 6) is -2.16. The van der Waals surface area contributed by atoms with Crippen molar-refractivity contribution in [3.8, 4) is 0 Å². The molecule has 2 N–H and O–H groups in total. The highest BCUT2D eigenvalue weighted by Crippen LogP contribution is 2.14. The Kier molecular flexibility index (Phi) is 20.5. The maximum atomic E-state index is 12.1. The van der Waals surface area contributed by atoms with E-state index in [0.29, 0.717) is 82.3 Å². The molecule has 0 unspecified atom stereocenters. The normalized spacial score (nSPS) is 12.5. The van der Waals surface area contributed by atoms with Gasteiger partial charge < -0.3 is 43.8 Å². The van der Waals surface area contributed by atoms with Crippen molar-refractivity contribution >= 4 is 35.5 Å². The Bertz CT molecular complexity index is 1150. The summed E-state index contributed by atoms with van der Waals surface area (Å²) in [6.45, 7) is 3.66. The molecule has 0 atom stereocenters. The van der Waals surface area contributed by atoms with Gasteiger partial charge in [0.15, 0.2) is 0 Å². The Morgan fingerprint density at radius 2 is 1.26 bits per heavy atom. The number of hydrogen-bond acceptors (Lipinski definition) is 14. The van der Waals surface area contributed by atoms with Crippen molar-refractivity contribution in [1.82, 2.24) is 10.4 Å². The van der Waals surface area contributed by atoms with Crippen LogP contribution >= 0.6 is 0 Å². The van der Waals surface area contributed by atoms with Crippen LogP contribution in [-0.2, 0) is 63.8 Å². The third-order valence-corrected chi connectivity index (χ3v) is 5.70. The van der Waals surface area contributed by atoms with E-state index in [-0.39, 0.29) is 45.8 Å². The lowest BCUT2D eigenvalue weighted by atomic mass is 10.2. The van der Waals surface area contributed by atoms with Gasteiger partial charge in [0, 0.05) is 30.0 Å². The van der Waals surface area contributed by atoms with E-state index >= 15 is 0 Å². The van der Waals surface area contributed by atoms with E-state index in [9.17, 15) is 24.0 Å². The van der Waals surface area contributed by atoms with Gasteiger partial charge in [0.25, 0.3) is 11.8 Å². The van der Waals surface area contributed by atoms with E-state index in [2.05, 4.69) is 25.5 Å². The zero-order valence-electron chi connectivity index (χ0n) is 25.9. The van der Waals surface area contributed by atoms with E-state index in [1.165, 1.54) is 0 Å². The third kappa shape index (κ3) is 19.0. The third-order valence-electron chi connectivity index (χ3n) is 5.70. The van der Waals surface area contributed by atoms with Crippen LogP contribution < -0.4 is 10.6 Å². The molecule has 0 aliphatic carbocycles. The number of azide groups is 1. The lowest BCUT2D eigenvalue weighted by molar-refractivity contribution is -0.177. The second-order valence-electron chi connectivity index (χ2n) is 9.30. The van der Waals surface area contributed by atoms with E-state index in [0.717, 1.165) is 0 Å². The van der Waals surface area contributed by atoms with Crippen molar-refractivity contribution < 1.29 is 62.0 Å². The molecular formula is C28H40N6O13. The summed E-state index contributed by atoms with van der Waals surface area (Å²) < 4.78 is 36.8. The van der Waals surface area contributed by atoms with Gasteiger partial charge in [-0.1, -0.05) is 22.3 Å². The van der Waals surface area contributed by atoms with Crippen LogP contribution in [-0.4, -0.2) is 127 Å². The monoisotopic (exact) mass is 668 g/mol. The standard InChI is InChI=1S/C28H40N6O13/c29-33-31-7-8-40-9-10-41-11-12-42-13-14-43-15-16-44-17-18-45-21-25(36)30-19-24(35)32-23-3-1-22(2-4-23)20-46-28(39)47-34-26(37)5-6-27(34)38/h1-4H,5-21H2,(H,30,36)(H,32,35). The lowest BCUT2D eigenvalue weighted by Crippen LogP contribution is -2.35. The number of benzene rings is 1. The molecule has 0 radical (unpaired) electrons. The first-order valence-corrected chi connectivity index (χ1v) is 14.7. The lowest BCUT2D eigenvalue weighted by Gasteiger charge is -2.12. The number of nitrogens with one attached hydrogen (secondary N) is 2. The molecule has 1 heterocycles. The second kappa shape index (κ2) is 24.8. The molecule has 4 amide bonds. The molecule has 1 aliphatic heterocycles. The zero-order chi connectivity index (χ0) is 34.0. The summed E-state index contributed by atoms with van der Waals surface area (Å²) in [7, 11) is 0. The van der Waals surface area contributed by atoms with Gasteiger partial charge in [-0.15, -0.1) is 0 Å². The van der Waals surface area contributed by atoms with Crippen LogP contribution in [0.5, 0.6) is 0 Å². The predicted octanol–water partition coefficient (Wildman–Crippen LogP) is 0.868. The molecule has 1 aliphatic rings. The fraction of sp³-hybridized carbons (Fsp3) is 0.607. The number of hydrogen-bond donors (Lipinski definition) is 2. The van der Waals surface area contributed by atoms with Crippen LogP contribution in [0.3, 0.4) is 0 Å². The van der Waals surface area contributed by atoms with Crippen molar-refractivity contribution in [3.05, 3.63) is 40.3 Å². The van der Waals surface area contributed by atoms with E-state index in [1.54, 1.807) is 24.3 Å². The number of rotatable bonds is 26. The van der Waals surface area contributed by atoms with Crippen molar-refractivity contribution in [2.75, 3.05) is 97.7 Å². The quantitative estimate of drug-likeness (QED) is 0.0349. The van der Waals surface area contributed by atoms with Gasteiger partial charge in [0.2, 0.25) is 11.8 Å². The number of imide groups is 1. The first-order chi connectivity index (χ1) is 22.9. The molecule has 1 aromatic carbocycles. The highest BCUT2D eigenvalue weighted by Gasteiger charge is 2.33. The van der Waals surface area contributed by atoms with Crippen LogP contribution in [0.15, 0.2) is 29.4 Å². The van der Waals surface area contributed by atoms with E-state index in [4.69, 9.17) is 38.7 Å². The fourth-order valence-electron chi connectivity index (χ4n) is 3.43. The molecule has 1 aromatic rings. The molecule has 19 heteroatoms. The molecule has 2 rings (SSSR count). The average Bonchev–Trinajstić information content (AvgIpc) is 3.38. The number of nitrogens with zero attached hydrogens (tertiary/aromatic N) is 4. The van der Waals surface area contributed by atoms with Crippen LogP contribution in [0.1, 0.15) is 18.4 Å².